The second-order valence-corrected chi connectivity index (χ2v) is 5.83. The van der Waals surface area contributed by atoms with Crippen LogP contribution in [0.15, 0.2) is 55.2 Å². The molecule has 0 saturated heterocycles. The minimum absolute atomic E-state index is 0.200. The second-order valence-electron chi connectivity index (χ2n) is 5.83. The molecule has 7 nitrogen and oxygen atoms in total. The maximum Gasteiger partial charge on any atom is 0.142 e. The first kappa shape index (κ1) is 15.6. The molecule has 0 amide bonds. The first-order chi connectivity index (χ1) is 12.7. The number of pyridine rings is 1. The maximum absolute atomic E-state index is 9.46. The third-order valence-electron chi connectivity index (χ3n) is 4.12. The van der Waals surface area contributed by atoms with Gasteiger partial charge >= 0.3 is 0 Å². The van der Waals surface area contributed by atoms with Crippen molar-refractivity contribution in [1.29, 1.82) is 5.26 Å². The average molecular weight is 341 g/mol. The molecule has 4 aromatic rings. The van der Waals surface area contributed by atoms with Crippen molar-refractivity contribution in [3.8, 4) is 34.3 Å². The molecule has 0 fully saturated rings. The molecule has 0 aliphatic heterocycles. The van der Waals surface area contributed by atoms with Crippen LogP contribution in [0.2, 0.25) is 0 Å². The van der Waals surface area contributed by atoms with Crippen LogP contribution in [0, 0.1) is 18.3 Å². The van der Waals surface area contributed by atoms with Gasteiger partial charge in [0.15, 0.2) is 0 Å². The predicted molar refractivity (Wildman–Crippen MR) is 98.2 cm³/mol. The van der Waals surface area contributed by atoms with Crippen LogP contribution in [0.3, 0.4) is 0 Å². The van der Waals surface area contributed by atoms with E-state index in [2.05, 4.69) is 26.0 Å². The molecular formula is C19H15N7. The van der Waals surface area contributed by atoms with E-state index in [4.69, 9.17) is 5.73 Å². The molecule has 0 spiro atoms. The molecule has 0 saturated carbocycles. The molecule has 0 bridgehead atoms. The van der Waals surface area contributed by atoms with Crippen molar-refractivity contribution < 1.29 is 0 Å². The van der Waals surface area contributed by atoms with Crippen molar-refractivity contribution in [2.75, 3.05) is 5.73 Å². The largest absolute Gasteiger partial charge is 0.383 e. The number of aromatic nitrogens is 5. The maximum atomic E-state index is 9.46. The highest BCUT2D eigenvalue weighted by Crippen LogP contribution is 2.30. The minimum atomic E-state index is 0.200. The highest BCUT2D eigenvalue weighted by Gasteiger charge is 2.15. The van der Waals surface area contributed by atoms with Crippen molar-refractivity contribution in [1.82, 2.24) is 24.5 Å². The van der Waals surface area contributed by atoms with E-state index in [0.29, 0.717) is 16.8 Å². The van der Waals surface area contributed by atoms with Crippen molar-refractivity contribution in [2.24, 2.45) is 0 Å². The Hall–Kier alpha value is -3.92. The number of nitrogens with zero attached hydrogens (tertiary/aromatic N) is 5. The third kappa shape index (κ3) is 2.70. The number of anilines is 1. The number of hydrogen-bond donors (Lipinski definition) is 2. The first-order valence-corrected chi connectivity index (χ1v) is 7.97. The van der Waals surface area contributed by atoms with E-state index in [1.165, 1.54) is 0 Å². The van der Waals surface area contributed by atoms with Gasteiger partial charge in [0.05, 0.1) is 23.9 Å². The zero-order chi connectivity index (χ0) is 18.1. The molecule has 0 radical (unpaired) electrons. The quantitative estimate of drug-likeness (QED) is 0.595. The van der Waals surface area contributed by atoms with Gasteiger partial charge < -0.3 is 15.3 Å². The van der Waals surface area contributed by atoms with Gasteiger partial charge in [-0.2, -0.15) is 5.26 Å². The molecular weight excluding hydrogens is 326 g/mol. The lowest BCUT2D eigenvalue weighted by atomic mass is 10.0. The normalized spacial score (nSPS) is 10.6. The van der Waals surface area contributed by atoms with E-state index in [1.54, 1.807) is 18.7 Å². The Labute approximate surface area is 149 Å². The number of nitrogens with two attached hydrogens (primary N) is 1. The van der Waals surface area contributed by atoms with Gasteiger partial charge in [0, 0.05) is 29.2 Å². The van der Waals surface area contributed by atoms with E-state index in [9.17, 15) is 5.26 Å². The molecule has 4 rings (SSSR count). The lowest BCUT2D eigenvalue weighted by Crippen LogP contribution is -2.00. The molecule has 1 aromatic carbocycles. The minimum Gasteiger partial charge on any atom is -0.383 e. The number of rotatable bonds is 3. The molecule has 126 valence electrons. The summed E-state index contributed by atoms with van der Waals surface area (Å²) in [6.45, 7) is 1.86. The smallest absolute Gasteiger partial charge is 0.142 e. The van der Waals surface area contributed by atoms with Gasteiger partial charge in [-0.3, -0.25) is 0 Å². The Morgan fingerprint density at radius 2 is 2.04 bits per heavy atom. The SMILES string of the molecule is Cc1ncc(-c2cc(-c3ccc(-n4ccnc4)cc3)nc(N)c2C#N)[nH]1. The highest BCUT2D eigenvalue weighted by molar-refractivity contribution is 5.78. The van der Waals surface area contributed by atoms with E-state index in [-0.39, 0.29) is 5.82 Å². The topological polar surface area (TPSA) is 109 Å². The van der Waals surface area contributed by atoms with Crippen LogP contribution in [0.5, 0.6) is 0 Å². The zero-order valence-corrected chi connectivity index (χ0v) is 14.0. The summed E-state index contributed by atoms with van der Waals surface area (Å²) in [5, 5.41) is 9.46. The van der Waals surface area contributed by atoms with E-state index in [0.717, 1.165) is 22.8 Å². The molecule has 3 N–H and O–H groups in total. The Balaban J connectivity index is 1.80. The number of benzene rings is 1. The van der Waals surface area contributed by atoms with Gasteiger partial charge in [-0.25, -0.2) is 15.0 Å². The van der Waals surface area contributed by atoms with Crippen LogP contribution < -0.4 is 5.73 Å². The third-order valence-corrected chi connectivity index (χ3v) is 4.12. The number of H-pyrrole nitrogens is 1. The van der Waals surface area contributed by atoms with Gasteiger partial charge in [-0.1, -0.05) is 12.1 Å². The fourth-order valence-corrected chi connectivity index (χ4v) is 2.82. The Morgan fingerprint density at radius 1 is 1.23 bits per heavy atom. The Bertz CT molecular complexity index is 1100. The highest BCUT2D eigenvalue weighted by atomic mass is 15.0. The summed E-state index contributed by atoms with van der Waals surface area (Å²) >= 11 is 0. The summed E-state index contributed by atoms with van der Waals surface area (Å²) in [7, 11) is 0. The average Bonchev–Trinajstić information content (AvgIpc) is 3.33. The number of nitriles is 1. The number of aryl methyl sites for hydroxylation is 1. The molecule has 0 unspecified atom stereocenters. The number of aromatic amines is 1. The van der Waals surface area contributed by atoms with Crippen molar-refractivity contribution in [3.63, 3.8) is 0 Å². The number of hydrogen-bond acceptors (Lipinski definition) is 5. The standard InChI is InChI=1S/C19H15N7/c1-12-23-10-18(24-12)15-8-17(25-19(21)16(15)9-20)13-2-4-14(5-3-13)26-7-6-22-11-26/h2-8,10-11H,1H3,(H2,21,25)(H,23,24). The number of nitrogen functional groups attached to an aromatic ring is 1. The lowest BCUT2D eigenvalue weighted by molar-refractivity contribution is 1.06. The van der Waals surface area contributed by atoms with Crippen LogP contribution in [0.4, 0.5) is 5.82 Å². The molecule has 0 aliphatic carbocycles. The summed E-state index contributed by atoms with van der Waals surface area (Å²) in [5.74, 6) is 0.969. The van der Waals surface area contributed by atoms with E-state index < -0.39 is 0 Å². The molecule has 0 atom stereocenters. The van der Waals surface area contributed by atoms with Gasteiger partial charge in [0.2, 0.25) is 0 Å². The molecule has 3 heterocycles. The van der Waals surface area contributed by atoms with Gasteiger partial charge in [-0.15, -0.1) is 0 Å². The molecule has 7 heteroatoms. The van der Waals surface area contributed by atoms with Crippen LogP contribution in [0.25, 0.3) is 28.2 Å². The monoisotopic (exact) mass is 341 g/mol. The van der Waals surface area contributed by atoms with Crippen molar-refractivity contribution in [2.45, 2.75) is 6.92 Å². The van der Waals surface area contributed by atoms with Crippen LogP contribution in [0.1, 0.15) is 11.4 Å². The summed E-state index contributed by atoms with van der Waals surface area (Å²) in [6.07, 6.45) is 7.05. The summed E-state index contributed by atoms with van der Waals surface area (Å²) in [4.78, 5) is 15.8. The fraction of sp³-hybridized carbons (Fsp3) is 0.0526. The molecule has 0 aliphatic rings. The predicted octanol–water partition coefficient (Wildman–Crippen LogP) is 3.09. The number of imidazole rings is 2. The summed E-state index contributed by atoms with van der Waals surface area (Å²) in [6, 6.07) is 11.9. The van der Waals surface area contributed by atoms with Crippen LogP contribution in [-0.4, -0.2) is 24.5 Å². The zero-order valence-electron chi connectivity index (χ0n) is 14.0. The molecule has 26 heavy (non-hydrogen) atoms. The van der Waals surface area contributed by atoms with Gasteiger partial charge in [0.25, 0.3) is 0 Å². The molecule has 3 aromatic heterocycles. The Morgan fingerprint density at radius 3 is 2.65 bits per heavy atom. The Kier molecular flexibility index (Phi) is 3.71. The first-order valence-electron chi connectivity index (χ1n) is 7.97. The van der Waals surface area contributed by atoms with E-state index >= 15 is 0 Å². The van der Waals surface area contributed by atoms with Gasteiger partial charge in [-0.05, 0) is 25.1 Å². The van der Waals surface area contributed by atoms with Crippen molar-refractivity contribution >= 4 is 5.82 Å². The second kappa shape index (κ2) is 6.18. The van der Waals surface area contributed by atoms with Crippen molar-refractivity contribution in [3.05, 3.63) is 66.6 Å². The van der Waals surface area contributed by atoms with Gasteiger partial charge in [0.1, 0.15) is 23.3 Å². The summed E-state index contributed by atoms with van der Waals surface area (Å²) in [5.41, 5.74) is 10.4. The number of nitrogens with one attached hydrogen (secondary N) is 1. The van der Waals surface area contributed by atoms with Crippen LogP contribution >= 0.6 is 0 Å². The lowest BCUT2D eigenvalue weighted by Gasteiger charge is -2.09. The van der Waals surface area contributed by atoms with Crippen LogP contribution in [-0.2, 0) is 0 Å². The van der Waals surface area contributed by atoms with E-state index in [1.807, 2.05) is 48.0 Å². The summed E-state index contributed by atoms with van der Waals surface area (Å²) < 4.78 is 1.92. The fourth-order valence-electron chi connectivity index (χ4n) is 2.82.